The molecule has 1 aliphatic rings. The van der Waals surface area contributed by atoms with Crippen LogP contribution >= 0.6 is 0 Å². The van der Waals surface area contributed by atoms with Gasteiger partial charge in [0.05, 0.1) is 12.0 Å². The second kappa shape index (κ2) is 5.46. The number of nitrogens with zero attached hydrogens (tertiary/aromatic N) is 3. The predicted octanol–water partition coefficient (Wildman–Crippen LogP) is 0.851. The molecule has 90 valence electrons. The van der Waals surface area contributed by atoms with Gasteiger partial charge in [-0.3, -0.25) is 0 Å². The Morgan fingerprint density at radius 2 is 2.12 bits per heavy atom. The third kappa shape index (κ3) is 3.06. The Kier molecular flexibility index (Phi) is 3.96. The van der Waals surface area contributed by atoms with Gasteiger partial charge >= 0.3 is 0 Å². The van der Waals surface area contributed by atoms with Crippen molar-refractivity contribution in [1.82, 2.24) is 19.8 Å². The predicted molar refractivity (Wildman–Crippen MR) is 65.1 cm³/mol. The van der Waals surface area contributed by atoms with Crippen LogP contribution in [0.5, 0.6) is 0 Å². The number of hydrogen-bond acceptors (Lipinski definition) is 3. The van der Waals surface area contributed by atoms with Gasteiger partial charge in [-0.1, -0.05) is 0 Å². The number of piperidine rings is 1. The van der Waals surface area contributed by atoms with Crippen LogP contribution in [0.4, 0.5) is 0 Å². The van der Waals surface area contributed by atoms with Gasteiger partial charge in [-0.05, 0) is 45.4 Å². The van der Waals surface area contributed by atoms with Gasteiger partial charge in [-0.15, -0.1) is 0 Å². The van der Waals surface area contributed by atoms with Gasteiger partial charge in [0.15, 0.2) is 0 Å². The second-order valence-corrected chi connectivity index (χ2v) is 4.87. The minimum atomic E-state index is 0.851. The molecule has 1 aromatic heterocycles. The smallest absolute Gasteiger partial charge is 0.0945 e. The Balaban J connectivity index is 1.67. The van der Waals surface area contributed by atoms with Gasteiger partial charge in [0.25, 0.3) is 0 Å². The van der Waals surface area contributed by atoms with E-state index >= 15 is 0 Å². The molecular weight excluding hydrogens is 200 g/mol. The van der Waals surface area contributed by atoms with Crippen LogP contribution in [0, 0.1) is 5.92 Å². The number of rotatable bonds is 4. The zero-order valence-electron chi connectivity index (χ0n) is 10.3. The summed E-state index contributed by atoms with van der Waals surface area (Å²) in [5, 5.41) is 3.53. The average molecular weight is 222 g/mol. The average Bonchev–Trinajstić information content (AvgIpc) is 2.68. The van der Waals surface area contributed by atoms with Gasteiger partial charge < -0.3 is 14.8 Å². The molecule has 0 saturated carbocycles. The van der Waals surface area contributed by atoms with Crippen LogP contribution in [0.2, 0.25) is 0 Å². The molecule has 1 aliphatic heterocycles. The normalized spacial score (nSPS) is 19.1. The van der Waals surface area contributed by atoms with Crippen molar-refractivity contribution in [2.45, 2.75) is 19.4 Å². The maximum atomic E-state index is 4.11. The summed E-state index contributed by atoms with van der Waals surface area (Å²) in [6.07, 6.45) is 6.44. The molecule has 4 heteroatoms. The van der Waals surface area contributed by atoms with E-state index in [1.54, 1.807) is 0 Å². The van der Waals surface area contributed by atoms with Crippen LogP contribution in [-0.4, -0.2) is 41.1 Å². The summed E-state index contributed by atoms with van der Waals surface area (Å²) in [4.78, 5) is 6.53. The molecule has 16 heavy (non-hydrogen) atoms. The second-order valence-electron chi connectivity index (χ2n) is 4.87. The standard InChI is InChI=1S/C12H22N4/c1-15-5-3-11(4-6-15)7-13-8-12-9-14-10-16(12)2/h9-11,13H,3-8H2,1-2H3. The molecule has 0 aliphatic carbocycles. The van der Waals surface area contributed by atoms with Crippen molar-refractivity contribution >= 4 is 0 Å². The fraction of sp³-hybridized carbons (Fsp3) is 0.750. The Morgan fingerprint density at radius 3 is 2.75 bits per heavy atom. The molecule has 0 amide bonds. The van der Waals surface area contributed by atoms with Gasteiger partial charge in [-0.2, -0.15) is 0 Å². The number of hydrogen-bond donors (Lipinski definition) is 1. The molecule has 0 unspecified atom stereocenters. The molecular formula is C12H22N4. The summed E-state index contributed by atoms with van der Waals surface area (Å²) >= 11 is 0. The summed E-state index contributed by atoms with van der Waals surface area (Å²) in [6.45, 7) is 4.57. The maximum Gasteiger partial charge on any atom is 0.0945 e. The molecule has 0 aromatic carbocycles. The topological polar surface area (TPSA) is 33.1 Å². The van der Waals surface area contributed by atoms with Crippen molar-refractivity contribution in [2.75, 3.05) is 26.7 Å². The lowest BCUT2D eigenvalue weighted by Crippen LogP contribution is -2.34. The van der Waals surface area contributed by atoms with Crippen LogP contribution in [0.1, 0.15) is 18.5 Å². The van der Waals surface area contributed by atoms with Crippen LogP contribution in [0.25, 0.3) is 0 Å². The molecule has 2 heterocycles. The molecule has 0 atom stereocenters. The van der Waals surface area contributed by atoms with Gasteiger partial charge in [0.2, 0.25) is 0 Å². The number of aryl methyl sites for hydroxylation is 1. The molecule has 0 bridgehead atoms. The first-order valence-corrected chi connectivity index (χ1v) is 6.10. The van der Waals surface area contributed by atoms with E-state index in [0.717, 1.165) is 19.0 Å². The maximum absolute atomic E-state index is 4.11. The zero-order valence-corrected chi connectivity index (χ0v) is 10.3. The molecule has 0 radical (unpaired) electrons. The minimum absolute atomic E-state index is 0.851. The summed E-state index contributed by atoms with van der Waals surface area (Å²) in [6, 6.07) is 0. The lowest BCUT2D eigenvalue weighted by Gasteiger charge is -2.29. The molecule has 4 nitrogen and oxygen atoms in total. The van der Waals surface area contributed by atoms with Gasteiger partial charge in [0.1, 0.15) is 0 Å². The molecule has 1 fully saturated rings. The van der Waals surface area contributed by atoms with Crippen molar-refractivity contribution in [3.8, 4) is 0 Å². The Bertz CT molecular complexity index is 313. The number of imidazole rings is 1. The lowest BCUT2D eigenvalue weighted by molar-refractivity contribution is 0.215. The van der Waals surface area contributed by atoms with Gasteiger partial charge in [0, 0.05) is 19.8 Å². The summed E-state index contributed by atoms with van der Waals surface area (Å²) in [7, 11) is 4.25. The highest BCUT2D eigenvalue weighted by Gasteiger charge is 2.15. The van der Waals surface area contributed by atoms with E-state index in [-0.39, 0.29) is 0 Å². The molecule has 0 spiro atoms. The number of nitrogens with one attached hydrogen (secondary N) is 1. The van der Waals surface area contributed by atoms with Crippen LogP contribution in [-0.2, 0) is 13.6 Å². The Hall–Kier alpha value is -0.870. The molecule has 2 rings (SSSR count). The highest BCUT2D eigenvalue weighted by Crippen LogP contribution is 2.14. The van der Waals surface area contributed by atoms with Crippen molar-refractivity contribution in [3.63, 3.8) is 0 Å². The van der Waals surface area contributed by atoms with E-state index in [4.69, 9.17) is 0 Å². The first-order valence-electron chi connectivity index (χ1n) is 6.10. The monoisotopic (exact) mass is 222 g/mol. The Labute approximate surface area is 97.7 Å². The van der Waals surface area contributed by atoms with Crippen molar-refractivity contribution in [2.24, 2.45) is 13.0 Å². The molecule has 1 N–H and O–H groups in total. The van der Waals surface area contributed by atoms with Crippen LogP contribution in [0.15, 0.2) is 12.5 Å². The highest BCUT2D eigenvalue weighted by molar-refractivity contribution is 4.96. The first kappa shape index (κ1) is 11.6. The number of aromatic nitrogens is 2. The zero-order chi connectivity index (χ0) is 11.4. The highest BCUT2D eigenvalue weighted by atomic mass is 15.1. The molecule has 1 saturated heterocycles. The van der Waals surface area contributed by atoms with Crippen molar-refractivity contribution in [3.05, 3.63) is 18.2 Å². The van der Waals surface area contributed by atoms with Crippen LogP contribution in [0.3, 0.4) is 0 Å². The largest absolute Gasteiger partial charge is 0.337 e. The van der Waals surface area contributed by atoms with Gasteiger partial charge in [-0.25, -0.2) is 4.98 Å². The third-order valence-corrected chi connectivity index (χ3v) is 3.49. The van der Waals surface area contributed by atoms with E-state index in [1.807, 2.05) is 19.6 Å². The van der Waals surface area contributed by atoms with E-state index in [9.17, 15) is 0 Å². The van der Waals surface area contributed by atoms with E-state index in [1.165, 1.54) is 31.6 Å². The third-order valence-electron chi connectivity index (χ3n) is 3.49. The summed E-state index contributed by atoms with van der Waals surface area (Å²) in [5.41, 5.74) is 1.26. The minimum Gasteiger partial charge on any atom is -0.337 e. The van der Waals surface area contributed by atoms with E-state index < -0.39 is 0 Å². The van der Waals surface area contributed by atoms with Crippen LogP contribution < -0.4 is 5.32 Å². The fourth-order valence-electron chi connectivity index (χ4n) is 2.23. The van der Waals surface area contributed by atoms with Crippen molar-refractivity contribution in [1.29, 1.82) is 0 Å². The van der Waals surface area contributed by atoms with E-state index in [0.29, 0.717) is 0 Å². The first-order chi connectivity index (χ1) is 7.75. The van der Waals surface area contributed by atoms with Crippen molar-refractivity contribution < 1.29 is 0 Å². The summed E-state index contributed by atoms with van der Waals surface area (Å²) < 4.78 is 2.07. The SMILES string of the molecule is CN1CCC(CNCc2cncn2C)CC1. The fourth-order valence-corrected chi connectivity index (χ4v) is 2.23. The summed E-state index contributed by atoms with van der Waals surface area (Å²) in [5.74, 6) is 0.851. The lowest BCUT2D eigenvalue weighted by atomic mass is 9.97. The quantitative estimate of drug-likeness (QED) is 0.820. The molecule has 1 aromatic rings. The van der Waals surface area contributed by atoms with E-state index in [2.05, 4.69) is 26.8 Å². The Morgan fingerprint density at radius 1 is 1.38 bits per heavy atom. The number of likely N-dealkylation sites (tertiary alicyclic amines) is 1.